The lowest BCUT2D eigenvalue weighted by Crippen LogP contribution is -2.45. The molecule has 1 N–H and O–H groups in total. The van der Waals surface area contributed by atoms with Gasteiger partial charge in [-0.25, -0.2) is 0 Å². The Morgan fingerprint density at radius 2 is 1.91 bits per heavy atom. The molecule has 4 nitrogen and oxygen atoms in total. The molecule has 22 heavy (non-hydrogen) atoms. The first-order valence-electron chi connectivity index (χ1n) is 7.54. The van der Waals surface area contributed by atoms with E-state index in [0.29, 0.717) is 16.2 Å². The van der Waals surface area contributed by atoms with Gasteiger partial charge in [0.1, 0.15) is 5.75 Å². The van der Waals surface area contributed by atoms with Crippen molar-refractivity contribution in [2.75, 3.05) is 32.8 Å². The number of nitrogens with one attached hydrogen (secondary N) is 1. The number of benzene rings is 1. The lowest BCUT2D eigenvalue weighted by Gasteiger charge is -2.38. The molecule has 0 radical (unpaired) electrons. The maximum absolute atomic E-state index is 12.2. The van der Waals surface area contributed by atoms with Gasteiger partial charge in [0.2, 0.25) is 0 Å². The minimum Gasteiger partial charge on any atom is -0.484 e. The van der Waals surface area contributed by atoms with Gasteiger partial charge in [-0.2, -0.15) is 0 Å². The molecular formula is C16H22Cl2N2O2. The molecular weight excluding hydrogens is 323 g/mol. The highest BCUT2D eigenvalue weighted by molar-refractivity contribution is 6.30. The van der Waals surface area contributed by atoms with E-state index in [4.69, 9.17) is 16.3 Å². The van der Waals surface area contributed by atoms with Crippen LogP contribution in [0.3, 0.4) is 0 Å². The first-order valence-corrected chi connectivity index (χ1v) is 7.92. The van der Waals surface area contributed by atoms with E-state index >= 15 is 0 Å². The van der Waals surface area contributed by atoms with Crippen molar-refractivity contribution in [3.05, 3.63) is 29.3 Å². The Morgan fingerprint density at radius 3 is 2.50 bits per heavy atom. The van der Waals surface area contributed by atoms with Gasteiger partial charge < -0.3 is 15.0 Å². The lowest BCUT2D eigenvalue weighted by molar-refractivity contribution is -0.135. The highest BCUT2D eigenvalue weighted by Gasteiger charge is 2.37. The molecule has 0 saturated carbocycles. The van der Waals surface area contributed by atoms with Crippen LogP contribution in [0.1, 0.15) is 19.3 Å². The van der Waals surface area contributed by atoms with E-state index in [9.17, 15) is 4.79 Å². The van der Waals surface area contributed by atoms with E-state index in [2.05, 4.69) is 5.32 Å². The van der Waals surface area contributed by atoms with Crippen LogP contribution in [0.2, 0.25) is 5.02 Å². The fourth-order valence-corrected chi connectivity index (χ4v) is 3.35. The Labute approximate surface area is 142 Å². The molecule has 3 rings (SSSR count). The Morgan fingerprint density at radius 1 is 1.23 bits per heavy atom. The summed E-state index contributed by atoms with van der Waals surface area (Å²) in [5.74, 6) is 0.756. The number of nitrogens with zero attached hydrogens (tertiary/aromatic N) is 1. The zero-order chi connectivity index (χ0) is 14.7. The largest absolute Gasteiger partial charge is 0.484 e. The number of rotatable bonds is 3. The van der Waals surface area contributed by atoms with Gasteiger partial charge in [-0.05, 0) is 55.5 Å². The van der Waals surface area contributed by atoms with Crippen LogP contribution in [0.25, 0.3) is 0 Å². The molecule has 1 spiro atoms. The molecule has 1 aromatic rings. The average Bonchev–Trinajstić information content (AvgIpc) is 2.95. The third-order valence-corrected chi connectivity index (χ3v) is 4.94. The minimum absolute atomic E-state index is 0. The standard InChI is InChI=1S/C16H21ClN2O2.ClH/c17-13-1-3-14(4-2-13)21-11-15(20)19-9-6-16(7-10-19)5-8-18-12-16;/h1-4,18H,5-12H2;1H. The number of likely N-dealkylation sites (tertiary alicyclic amines) is 1. The highest BCUT2D eigenvalue weighted by Crippen LogP contribution is 2.36. The van der Waals surface area contributed by atoms with Crippen molar-refractivity contribution in [1.29, 1.82) is 0 Å². The van der Waals surface area contributed by atoms with Gasteiger partial charge in [0.15, 0.2) is 6.61 Å². The van der Waals surface area contributed by atoms with Crippen LogP contribution in [-0.4, -0.2) is 43.6 Å². The fraction of sp³-hybridized carbons (Fsp3) is 0.562. The SMILES string of the molecule is Cl.O=C(COc1ccc(Cl)cc1)N1CCC2(CCNC2)CC1. The van der Waals surface area contributed by atoms with Crippen molar-refractivity contribution < 1.29 is 9.53 Å². The molecule has 0 unspecified atom stereocenters. The van der Waals surface area contributed by atoms with E-state index in [0.717, 1.165) is 39.0 Å². The number of amides is 1. The Bertz CT molecular complexity index is 491. The molecule has 122 valence electrons. The van der Waals surface area contributed by atoms with Crippen molar-refractivity contribution >= 4 is 29.9 Å². The zero-order valence-electron chi connectivity index (χ0n) is 12.5. The van der Waals surface area contributed by atoms with E-state index in [1.807, 2.05) is 4.90 Å². The molecule has 1 aromatic carbocycles. The smallest absolute Gasteiger partial charge is 0.260 e. The van der Waals surface area contributed by atoms with Gasteiger partial charge in [0.25, 0.3) is 5.91 Å². The zero-order valence-corrected chi connectivity index (χ0v) is 14.1. The second-order valence-electron chi connectivity index (χ2n) is 6.05. The van der Waals surface area contributed by atoms with Gasteiger partial charge in [-0.3, -0.25) is 4.79 Å². The maximum Gasteiger partial charge on any atom is 0.260 e. The van der Waals surface area contributed by atoms with Crippen molar-refractivity contribution in [1.82, 2.24) is 10.2 Å². The first kappa shape index (κ1) is 17.4. The summed E-state index contributed by atoms with van der Waals surface area (Å²) in [6, 6.07) is 7.09. The predicted octanol–water partition coefficient (Wildman–Crippen LogP) is 2.74. The van der Waals surface area contributed by atoms with Crippen molar-refractivity contribution in [2.24, 2.45) is 5.41 Å². The summed E-state index contributed by atoms with van der Waals surface area (Å²) in [7, 11) is 0. The molecule has 0 atom stereocenters. The van der Waals surface area contributed by atoms with Crippen molar-refractivity contribution in [2.45, 2.75) is 19.3 Å². The number of hydrogen-bond acceptors (Lipinski definition) is 3. The summed E-state index contributed by atoms with van der Waals surface area (Å²) in [5.41, 5.74) is 0.438. The molecule has 0 bridgehead atoms. The third kappa shape index (κ3) is 4.06. The van der Waals surface area contributed by atoms with Crippen LogP contribution in [0.4, 0.5) is 0 Å². The van der Waals surface area contributed by atoms with Crippen molar-refractivity contribution in [3.63, 3.8) is 0 Å². The van der Waals surface area contributed by atoms with Gasteiger partial charge in [-0.1, -0.05) is 11.6 Å². The van der Waals surface area contributed by atoms with Gasteiger partial charge >= 0.3 is 0 Å². The number of carbonyl (C=O) groups is 1. The minimum atomic E-state index is 0. The van der Waals surface area contributed by atoms with Crippen LogP contribution in [-0.2, 0) is 4.79 Å². The van der Waals surface area contributed by atoms with E-state index in [1.165, 1.54) is 6.42 Å². The third-order valence-electron chi connectivity index (χ3n) is 4.68. The quantitative estimate of drug-likeness (QED) is 0.916. The Balaban J connectivity index is 0.00000176. The molecule has 2 aliphatic heterocycles. The number of piperidine rings is 1. The molecule has 2 saturated heterocycles. The van der Waals surface area contributed by atoms with Crippen LogP contribution < -0.4 is 10.1 Å². The van der Waals surface area contributed by atoms with Gasteiger partial charge in [0.05, 0.1) is 0 Å². The summed E-state index contributed by atoms with van der Waals surface area (Å²) in [4.78, 5) is 14.1. The monoisotopic (exact) mass is 344 g/mol. The van der Waals surface area contributed by atoms with Crippen LogP contribution in [0.5, 0.6) is 5.75 Å². The maximum atomic E-state index is 12.2. The summed E-state index contributed by atoms with van der Waals surface area (Å²) >= 11 is 5.82. The Hall–Kier alpha value is -0.970. The predicted molar refractivity (Wildman–Crippen MR) is 89.9 cm³/mol. The van der Waals surface area contributed by atoms with Gasteiger partial charge in [0, 0.05) is 24.7 Å². The highest BCUT2D eigenvalue weighted by atomic mass is 35.5. The summed E-state index contributed by atoms with van der Waals surface area (Å²) < 4.78 is 5.53. The van der Waals surface area contributed by atoms with E-state index in [1.54, 1.807) is 24.3 Å². The molecule has 0 aliphatic carbocycles. The molecule has 2 fully saturated rings. The summed E-state index contributed by atoms with van der Waals surface area (Å²) in [6.45, 7) is 4.03. The van der Waals surface area contributed by atoms with E-state index < -0.39 is 0 Å². The molecule has 6 heteroatoms. The second kappa shape index (κ2) is 7.53. The second-order valence-corrected chi connectivity index (χ2v) is 6.49. The molecule has 1 amide bonds. The first-order chi connectivity index (χ1) is 10.2. The normalized spacial score (nSPS) is 19.8. The van der Waals surface area contributed by atoms with Crippen LogP contribution >= 0.6 is 24.0 Å². The average molecular weight is 345 g/mol. The number of carbonyl (C=O) groups excluding carboxylic acids is 1. The van der Waals surface area contributed by atoms with Crippen LogP contribution in [0.15, 0.2) is 24.3 Å². The lowest BCUT2D eigenvalue weighted by atomic mass is 9.78. The summed E-state index contributed by atoms with van der Waals surface area (Å²) in [5, 5.41) is 4.11. The molecule has 2 heterocycles. The molecule has 2 aliphatic rings. The fourth-order valence-electron chi connectivity index (χ4n) is 3.22. The van der Waals surface area contributed by atoms with Crippen molar-refractivity contribution in [3.8, 4) is 5.75 Å². The molecule has 0 aromatic heterocycles. The number of halogens is 2. The Kier molecular flexibility index (Phi) is 5.95. The topological polar surface area (TPSA) is 41.6 Å². The number of hydrogen-bond donors (Lipinski definition) is 1. The van der Waals surface area contributed by atoms with Gasteiger partial charge in [-0.15, -0.1) is 12.4 Å². The summed E-state index contributed by atoms with van der Waals surface area (Å²) in [6.07, 6.45) is 3.45. The number of ether oxygens (including phenoxy) is 1. The van der Waals surface area contributed by atoms with E-state index in [-0.39, 0.29) is 24.9 Å². The van der Waals surface area contributed by atoms with Crippen LogP contribution in [0, 0.1) is 5.41 Å².